The Morgan fingerprint density at radius 1 is 1.15 bits per heavy atom. The van der Waals surface area contributed by atoms with Gasteiger partial charge in [-0.15, -0.1) is 0 Å². The van der Waals surface area contributed by atoms with Crippen molar-refractivity contribution in [2.75, 3.05) is 64.6 Å². The smallest absolute Gasteiger partial charge is 0.304 e. The summed E-state index contributed by atoms with van der Waals surface area (Å²) in [4.78, 5) is 15.8. The summed E-state index contributed by atoms with van der Waals surface area (Å²) in [5, 5.41) is 11.9. The Morgan fingerprint density at radius 3 is 2.83 bits per heavy atom. The summed E-state index contributed by atoms with van der Waals surface area (Å²) in [5.74, 6) is 0.294. The van der Waals surface area contributed by atoms with Crippen LogP contribution in [-0.4, -0.2) is 89.6 Å². The number of carbonyl (C=O) groups excluding carboxylic acids is 1. The Balaban J connectivity index is 1.34. The highest BCUT2D eigenvalue weighted by molar-refractivity contribution is 7.87. The molecular weight excluding hydrogens is 630 g/mol. The number of amides is 1. The van der Waals surface area contributed by atoms with E-state index in [0.717, 1.165) is 42.8 Å². The molecule has 12 heteroatoms. The van der Waals surface area contributed by atoms with Crippen LogP contribution in [-0.2, 0) is 31.5 Å². The number of carbonyl (C=O) groups is 1. The number of nitrogens with zero attached hydrogens (tertiary/aromatic N) is 2. The zero-order valence-electron chi connectivity index (χ0n) is 26.3. The maximum atomic E-state index is 13.5. The lowest BCUT2D eigenvalue weighted by Crippen LogP contribution is -2.49. The lowest BCUT2D eigenvalue weighted by atomic mass is 9.68. The largest absolute Gasteiger partial charge is 0.490 e. The van der Waals surface area contributed by atoms with Crippen molar-refractivity contribution in [1.82, 2.24) is 9.03 Å². The Morgan fingerprint density at radius 2 is 2.02 bits per heavy atom. The van der Waals surface area contributed by atoms with Crippen molar-refractivity contribution in [3.05, 3.63) is 70.3 Å². The van der Waals surface area contributed by atoms with Crippen molar-refractivity contribution in [3.8, 4) is 5.75 Å². The molecule has 1 fully saturated rings. The molecule has 1 saturated carbocycles. The van der Waals surface area contributed by atoms with E-state index in [-0.39, 0.29) is 42.5 Å². The first kappa shape index (κ1) is 33.2. The van der Waals surface area contributed by atoms with Crippen molar-refractivity contribution in [2.45, 2.75) is 50.0 Å². The SMILES string of the molecule is COCCOCCN1CC/C=C/[C@H](O)[C@@H]2CC[C@H]2CN2C[C@@]3(CCCc4cc(Cl)ccc43)COc3ccc(cc32)C(=O)NS1(=O)=O. The number of rotatable bonds is 6. The number of hydrogen-bond donors (Lipinski definition) is 2. The molecular formula is C34H44ClN3O7S. The topological polar surface area (TPSA) is 118 Å². The normalized spacial score (nSPS) is 28.6. The molecule has 1 amide bonds. The molecule has 2 aromatic rings. The van der Waals surface area contributed by atoms with E-state index in [9.17, 15) is 18.3 Å². The second-order valence-electron chi connectivity index (χ2n) is 12.9. The maximum absolute atomic E-state index is 13.5. The molecule has 0 saturated heterocycles. The minimum Gasteiger partial charge on any atom is -0.490 e. The highest BCUT2D eigenvalue weighted by Crippen LogP contribution is 2.46. The molecule has 4 atom stereocenters. The van der Waals surface area contributed by atoms with E-state index in [4.69, 9.17) is 25.8 Å². The van der Waals surface area contributed by atoms with E-state index in [1.165, 1.54) is 15.4 Å². The van der Waals surface area contributed by atoms with E-state index < -0.39 is 22.2 Å². The lowest BCUT2D eigenvalue weighted by molar-refractivity contribution is 0.0456. The van der Waals surface area contributed by atoms with Gasteiger partial charge >= 0.3 is 10.2 Å². The van der Waals surface area contributed by atoms with E-state index in [1.54, 1.807) is 31.4 Å². The van der Waals surface area contributed by atoms with Crippen LogP contribution in [0.5, 0.6) is 5.75 Å². The van der Waals surface area contributed by atoms with Crippen molar-refractivity contribution >= 4 is 33.4 Å². The summed E-state index contributed by atoms with van der Waals surface area (Å²) in [5.41, 5.74) is 3.19. The average Bonchev–Trinajstić information content (AvgIpc) is 3.16. The molecule has 46 heavy (non-hydrogen) atoms. The number of methoxy groups -OCH3 is 1. The van der Waals surface area contributed by atoms with E-state index >= 15 is 0 Å². The predicted octanol–water partition coefficient (Wildman–Crippen LogP) is 4.10. The fourth-order valence-corrected chi connectivity index (χ4v) is 8.75. The quantitative estimate of drug-likeness (QED) is 0.348. The number of nitrogens with one attached hydrogen (secondary N) is 1. The molecule has 250 valence electrons. The zero-order chi connectivity index (χ0) is 32.3. The van der Waals surface area contributed by atoms with Crippen LogP contribution >= 0.6 is 11.6 Å². The van der Waals surface area contributed by atoms with Gasteiger partial charge in [-0.05, 0) is 91.8 Å². The van der Waals surface area contributed by atoms with Gasteiger partial charge in [-0.2, -0.15) is 12.7 Å². The number of aliphatic hydroxyl groups is 1. The van der Waals surface area contributed by atoms with Crippen LogP contribution in [0.4, 0.5) is 5.69 Å². The molecule has 2 N–H and O–H groups in total. The van der Waals surface area contributed by atoms with Crippen molar-refractivity contribution < 1.29 is 32.5 Å². The first-order chi connectivity index (χ1) is 22.2. The Kier molecular flexibility index (Phi) is 10.3. The van der Waals surface area contributed by atoms with Gasteiger partial charge in [0, 0.05) is 49.3 Å². The van der Waals surface area contributed by atoms with E-state index in [1.807, 2.05) is 12.1 Å². The van der Waals surface area contributed by atoms with Gasteiger partial charge in [0.05, 0.1) is 38.2 Å². The van der Waals surface area contributed by atoms with Crippen LogP contribution in [0, 0.1) is 11.8 Å². The summed E-state index contributed by atoms with van der Waals surface area (Å²) < 4.78 is 47.5. The van der Waals surface area contributed by atoms with Crippen LogP contribution < -0.4 is 14.4 Å². The van der Waals surface area contributed by atoms with Gasteiger partial charge in [-0.1, -0.05) is 29.8 Å². The first-order valence-electron chi connectivity index (χ1n) is 16.2. The van der Waals surface area contributed by atoms with Gasteiger partial charge in [0.15, 0.2) is 0 Å². The number of fused-ring (bicyclic) bond motifs is 4. The number of halogens is 1. The molecule has 2 bridgehead atoms. The van der Waals surface area contributed by atoms with Gasteiger partial charge in [-0.25, -0.2) is 4.72 Å². The third-order valence-electron chi connectivity index (χ3n) is 10.0. The number of anilines is 1. The highest BCUT2D eigenvalue weighted by atomic mass is 35.5. The van der Waals surface area contributed by atoms with Crippen LogP contribution in [0.3, 0.4) is 0 Å². The van der Waals surface area contributed by atoms with Crippen LogP contribution in [0.2, 0.25) is 5.02 Å². The zero-order valence-corrected chi connectivity index (χ0v) is 27.9. The van der Waals surface area contributed by atoms with Crippen LogP contribution in [0.25, 0.3) is 0 Å². The summed E-state index contributed by atoms with van der Waals surface area (Å²) >= 11 is 6.40. The van der Waals surface area contributed by atoms with Crippen LogP contribution in [0.15, 0.2) is 48.6 Å². The molecule has 6 rings (SSSR count). The van der Waals surface area contributed by atoms with Gasteiger partial charge in [0.2, 0.25) is 0 Å². The number of hydrogen-bond acceptors (Lipinski definition) is 8. The molecule has 0 aromatic heterocycles. The summed E-state index contributed by atoms with van der Waals surface area (Å²) in [6.45, 7) is 2.92. The van der Waals surface area contributed by atoms with E-state index in [0.29, 0.717) is 45.1 Å². The van der Waals surface area contributed by atoms with Gasteiger partial charge in [-0.3, -0.25) is 4.79 Å². The molecule has 2 aliphatic carbocycles. The number of ether oxygens (including phenoxy) is 3. The molecule has 0 radical (unpaired) electrons. The monoisotopic (exact) mass is 673 g/mol. The number of benzene rings is 2. The fourth-order valence-electron chi connectivity index (χ4n) is 7.41. The Bertz CT molecular complexity index is 1550. The highest BCUT2D eigenvalue weighted by Gasteiger charge is 2.44. The van der Waals surface area contributed by atoms with E-state index in [2.05, 4.69) is 21.8 Å². The molecule has 2 aromatic carbocycles. The second kappa shape index (κ2) is 14.2. The molecule has 0 unspecified atom stereocenters. The van der Waals surface area contributed by atoms with Crippen molar-refractivity contribution in [1.29, 1.82) is 0 Å². The minimum atomic E-state index is -4.19. The Hall–Kier alpha value is -2.67. The fraction of sp³-hybridized carbons (Fsp3) is 0.559. The number of aliphatic hydroxyl groups excluding tert-OH is 1. The molecule has 1 spiro atoms. The number of aryl methyl sites for hydroxylation is 1. The van der Waals surface area contributed by atoms with Crippen molar-refractivity contribution in [3.63, 3.8) is 0 Å². The van der Waals surface area contributed by atoms with Crippen LogP contribution in [0.1, 0.15) is 53.6 Å². The Labute approximate surface area is 276 Å². The standard InChI is InChI=1S/C34H44ClN3O7S/c1-43-17-18-44-16-15-38-14-3-2-6-31(39)28-10-7-26(28)21-37-22-34(13-4-5-24-19-27(35)9-11-29(24)34)23-45-32-12-8-25(20-30(32)37)33(40)36-46(38,41)42/h2,6,8-9,11-12,19-20,26,28,31,39H,3-5,7,10,13-18,21-23H2,1H3,(H,36,40)/b6-2+/t26-,28+,31-,34-/m0/s1. The summed E-state index contributed by atoms with van der Waals surface area (Å²) in [7, 11) is -2.63. The van der Waals surface area contributed by atoms with Gasteiger partial charge in [0.1, 0.15) is 5.75 Å². The molecule has 2 aliphatic heterocycles. The van der Waals surface area contributed by atoms with Gasteiger partial charge < -0.3 is 24.2 Å². The summed E-state index contributed by atoms with van der Waals surface area (Å²) in [6, 6.07) is 11.3. The third-order valence-corrected chi connectivity index (χ3v) is 11.7. The second-order valence-corrected chi connectivity index (χ2v) is 15.0. The molecule has 2 heterocycles. The van der Waals surface area contributed by atoms with Crippen molar-refractivity contribution in [2.24, 2.45) is 11.8 Å². The minimum absolute atomic E-state index is 0.0635. The summed E-state index contributed by atoms with van der Waals surface area (Å²) in [6.07, 6.45) is 8.22. The average molecular weight is 674 g/mol. The third kappa shape index (κ3) is 7.10. The maximum Gasteiger partial charge on any atom is 0.304 e. The first-order valence-corrected chi connectivity index (χ1v) is 18.1. The predicted molar refractivity (Wildman–Crippen MR) is 177 cm³/mol. The molecule has 4 aliphatic rings. The molecule has 10 nitrogen and oxygen atoms in total. The van der Waals surface area contributed by atoms with Gasteiger partial charge in [0.25, 0.3) is 5.91 Å². The lowest BCUT2D eigenvalue weighted by Gasteiger charge is -2.45.